The summed E-state index contributed by atoms with van der Waals surface area (Å²) in [6, 6.07) is 3.81. The lowest BCUT2D eigenvalue weighted by atomic mass is 10.1. The van der Waals surface area contributed by atoms with E-state index in [9.17, 15) is 8.78 Å². The molecule has 112 valence electrons. The summed E-state index contributed by atoms with van der Waals surface area (Å²) in [6.07, 6.45) is 0.0457. The summed E-state index contributed by atoms with van der Waals surface area (Å²) in [5.74, 6) is -0.332. The Bertz CT molecular complexity index is 639. The zero-order chi connectivity index (χ0) is 15.6. The third-order valence-corrected chi connectivity index (χ3v) is 3.19. The topological polar surface area (TPSA) is 38.2 Å². The zero-order valence-electron chi connectivity index (χ0n) is 12.4. The quantitative estimate of drug-likeness (QED) is 0.869. The number of benzene rings is 1. The molecule has 0 aliphatic rings. The number of hydrogen-bond donors (Lipinski definition) is 0. The molecular formula is C15H17F2N3O. The Morgan fingerprint density at radius 1 is 1.14 bits per heavy atom. The van der Waals surface area contributed by atoms with E-state index in [1.54, 1.807) is 25.9 Å². The van der Waals surface area contributed by atoms with Crippen LogP contribution in [0.2, 0.25) is 0 Å². The molecule has 2 aromatic rings. The van der Waals surface area contributed by atoms with Gasteiger partial charge in [0.05, 0.1) is 12.8 Å². The standard InChI is InChI=1S/C15H17F2N3O/c1-9-13(8-10-11(16)6-5-7-12(10)17)18-15(20(2)3)19-14(9)21-4/h5-7H,8H2,1-4H3. The number of anilines is 1. The molecule has 1 heterocycles. The highest BCUT2D eigenvalue weighted by Gasteiger charge is 2.16. The van der Waals surface area contributed by atoms with Crippen LogP contribution in [0.3, 0.4) is 0 Å². The van der Waals surface area contributed by atoms with E-state index in [0.29, 0.717) is 23.1 Å². The third-order valence-electron chi connectivity index (χ3n) is 3.19. The smallest absolute Gasteiger partial charge is 0.228 e. The highest BCUT2D eigenvalue weighted by Crippen LogP contribution is 2.24. The number of halogens is 2. The Labute approximate surface area is 122 Å². The van der Waals surface area contributed by atoms with Crippen LogP contribution in [-0.2, 0) is 6.42 Å². The van der Waals surface area contributed by atoms with E-state index in [-0.39, 0.29) is 12.0 Å². The number of rotatable bonds is 4. The van der Waals surface area contributed by atoms with E-state index in [1.807, 2.05) is 0 Å². The van der Waals surface area contributed by atoms with E-state index in [4.69, 9.17) is 4.74 Å². The first-order valence-corrected chi connectivity index (χ1v) is 6.45. The number of ether oxygens (including phenoxy) is 1. The van der Waals surface area contributed by atoms with E-state index < -0.39 is 11.6 Å². The minimum atomic E-state index is -0.585. The van der Waals surface area contributed by atoms with E-state index >= 15 is 0 Å². The molecule has 4 nitrogen and oxygen atoms in total. The lowest BCUT2D eigenvalue weighted by molar-refractivity contribution is 0.392. The van der Waals surface area contributed by atoms with Crippen molar-refractivity contribution >= 4 is 5.95 Å². The van der Waals surface area contributed by atoms with Gasteiger partial charge in [0.2, 0.25) is 11.8 Å². The number of nitrogens with zero attached hydrogens (tertiary/aromatic N) is 3. The Morgan fingerprint density at radius 3 is 2.29 bits per heavy atom. The molecule has 0 spiro atoms. The molecule has 0 bridgehead atoms. The molecule has 0 amide bonds. The molecule has 0 N–H and O–H groups in total. The highest BCUT2D eigenvalue weighted by atomic mass is 19.1. The van der Waals surface area contributed by atoms with Gasteiger partial charge in [0, 0.05) is 31.6 Å². The average molecular weight is 293 g/mol. The number of methoxy groups -OCH3 is 1. The molecule has 0 saturated heterocycles. The molecule has 1 aromatic carbocycles. The van der Waals surface area contributed by atoms with Gasteiger partial charge in [0.25, 0.3) is 0 Å². The van der Waals surface area contributed by atoms with Crippen molar-refractivity contribution in [1.82, 2.24) is 9.97 Å². The van der Waals surface area contributed by atoms with Crippen LogP contribution < -0.4 is 9.64 Å². The fourth-order valence-corrected chi connectivity index (χ4v) is 1.97. The van der Waals surface area contributed by atoms with Gasteiger partial charge in [-0.15, -0.1) is 0 Å². The maximum absolute atomic E-state index is 13.8. The lowest BCUT2D eigenvalue weighted by Gasteiger charge is -2.16. The monoisotopic (exact) mass is 293 g/mol. The van der Waals surface area contributed by atoms with Crippen LogP contribution in [0, 0.1) is 18.6 Å². The molecule has 6 heteroatoms. The normalized spacial score (nSPS) is 10.6. The second kappa shape index (κ2) is 6.03. The summed E-state index contributed by atoms with van der Waals surface area (Å²) >= 11 is 0. The molecule has 0 fully saturated rings. The number of hydrogen-bond acceptors (Lipinski definition) is 4. The van der Waals surface area contributed by atoms with Crippen LogP contribution in [0.1, 0.15) is 16.8 Å². The maximum atomic E-state index is 13.8. The van der Waals surface area contributed by atoms with Crippen LogP contribution in [0.5, 0.6) is 5.88 Å². The minimum Gasteiger partial charge on any atom is -0.481 e. The van der Waals surface area contributed by atoms with Crippen molar-refractivity contribution in [2.45, 2.75) is 13.3 Å². The fourth-order valence-electron chi connectivity index (χ4n) is 1.97. The van der Waals surface area contributed by atoms with Crippen LogP contribution in [0.25, 0.3) is 0 Å². The van der Waals surface area contributed by atoms with Crippen LogP contribution in [-0.4, -0.2) is 31.2 Å². The molecule has 0 unspecified atom stereocenters. The van der Waals surface area contributed by atoms with Gasteiger partial charge < -0.3 is 9.64 Å². The SMILES string of the molecule is COc1nc(N(C)C)nc(Cc2c(F)cccc2F)c1C. The first kappa shape index (κ1) is 15.2. The van der Waals surface area contributed by atoms with Gasteiger partial charge in [0.1, 0.15) is 11.6 Å². The molecule has 0 saturated carbocycles. The Balaban J connectivity index is 2.51. The summed E-state index contributed by atoms with van der Waals surface area (Å²) in [4.78, 5) is 10.3. The number of aromatic nitrogens is 2. The van der Waals surface area contributed by atoms with E-state index in [1.165, 1.54) is 25.3 Å². The van der Waals surface area contributed by atoms with Gasteiger partial charge in [-0.05, 0) is 19.1 Å². The van der Waals surface area contributed by atoms with Crippen molar-refractivity contribution in [3.05, 3.63) is 46.7 Å². The van der Waals surface area contributed by atoms with Gasteiger partial charge in [0.15, 0.2) is 0 Å². The van der Waals surface area contributed by atoms with Gasteiger partial charge in [-0.2, -0.15) is 4.98 Å². The van der Waals surface area contributed by atoms with E-state index in [0.717, 1.165) is 0 Å². The molecule has 0 aliphatic heterocycles. The van der Waals surface area contributed by atoms with Gasteiger partial charge >= 0.3 is 0 Å². The second-order valence-corrected chi connectivity index (χ2v) is 4.88. The van der Waals surface area contributed by atoms with Crippen LogP contribution in [0.4, 0.5) is 14.7 Å². The van der Waals surface area contributed by atoms with Crippen molar-refractivity contribution in [2.75, 3.05) is 26.1 Å². The van der Waals surface area contributed by atoms with Crippen LogP contribution in [0.15, 0.2) is 18.2 Å². The first-order chi connectivity index (χ1) is 9.93. The third kappa shape index (κ3) is 3.09. The van der Waals surface area contributed by atoms with Crippen LogP contribution >= 0.6 is 0 Å². The summed E-state index contributed by atoms with van der Waals surface area (Å²) in [5, 5.41) is 0. The summed E-state index contributed by atoms with van der Waals surface area (Å²) in [5.41, 5.74) is 1.20. The highest BCUT2D eigenvalue weighted by molar-refractivity contribution is 5.41. The second-order valence-electron chi connectivity index (χ2n) is 4.88. The van der Waals surface area contributed by atoms with Crippen molar-refractivity contribution < 1.29 is 13.5 Å². The van der Waals surface area contributed by atoms with Crippen molar-refractivity contribution in [2.24, 2.45) is 0 Å². The van der Waals surface area contributed by atoms with Gasteiger partial charge in [-0.3, -0.25) is 0 Å². The average Bonchev–Trinajstić information content (AvgIpc) is 2.44. The molecular weight excluding hydrogens is 276 g/mol. The summed E-state index contributed by atoms with van der Waals surface area (Å²) in [6.45, 7) is 1.77. The molecule has 2 rings (SSSR count). The Kier molecular flexibility index (Phi) is 4.35. The Morgan fingerprint density at radius 2 is 1.76 bits per heavy atom. The summed E-state index contributed by atoms with van der Waals surface area (Å²) in [7, 11) is 5.08. The fraction of sp³-hybridized carbons (Fsp3) is 0.333. The van der Waals surface area contributed by atoms with Crippen molar-refractivity contribution in [1.29, 1.82) is 0 Å². The van der Waals surface area contributed by atoms with Gasteiger partial charge in [-0.1, -0.05) is 6.07 Å². The van der Waals surface area contributed by atoms with Gasteiger partial charge in [-0.25, -0.2) is 13.8 Å². The molecule has 1 aromatic heterocycles. The first-order valence-electron chi connectivity index (χ1n) is 6.45. The van der Waals surface area contributed by atoms with E-state index in [2.05, 4.69) is 9.97 Å². The molecule has 0 radical (unpaired) electrons. The lowest BCUT2D eigenvalue weighted by Crippen LogP contribution is -2.15. The van der Waals surface area contributed by atoms with Crippen molar-refractivity contribution in [3.63, 3.8) is 0 Å². The maximum Gasteiger partial charge on any atom is 0.228 e. The molecule has 21 heavy (non-hydrogen) atoms. The van der Waals surface area contributed by atoms with Crippen molar-refractivity contribution in [3.8, 4) is 5.88 Å². The predicted octanol–water partition coefficient (Wildman–Crippen LogP) is 2.73. The zero-order valence-corrected chi connectivity index (χ0v) is 12.4. The largest absolute Gasteiger partial charge is 0.481 e. The summed E-state index contributed by atoms with van der Waals surface area (Å²) < 4.78 is 32.8. The Hall–Kier alpha value is -2.24. The molecule has 0 atom stereocenters. The predicted molar refractivity (Wildman–Crippen MR) is 76.8 cm³/mol. The minimum absolute atomic E-state index is 0.00828. The molecule has 0 aliphatic carbocycles.